The largest absolute Gasteiger partial charge is 0.416 e. The van der Waals surface area contributed by atoms with E-state index in [0.29, 0.717) is 23.4 Å². The average Bonchev–Trinajstić information content (AvgIpc) is 3.20. The standard InChI is InChI=1S/C23H15F3N6O/c24-23(25,26)18-11-16(4-5-17(18)12-28-33)20-7-8-21-22(29-20)32(31-30-21)13-14-3-6-19-15(10-14)2-1-9-27-19/h1-11H,12-13H2. The molecule has 0 aliphatic carbocycles. The fourth-order valence-electron chi connectivity index (χ4n) is 3.72. The van der Waals surface area contributed by atoms with E-state index in [4.69, 9.17) is 0 Å². The Hall–Kier alpha value is -4.21. The predicted octanol–water partition coefficient (Wildman–Crippen LogP) is 5.38. The Labute approximate surface area is 184 Å². The van der Waals surface area contributed by atoms with Gasteiger partial charge in [0.25, 0.3) is 0 Å². The SMILES string of the molecule is O=NCc1ccc(-c2ccc3nnn(Cc4ccc5ncccc5c4)c3n2)cc1C(F)(F)F. The fraction of sp³-hybridized carbons (Fsp3) is 0.130. The molecule has 0 aliphatic rings. The lowest BCUT2D eigenvalue weighted by Gasteiger charge is -2.13. The molecule has 0 aliphatic heterocycles. The number of rotatable bonds is 5. The van der Waals surface area contributed by atoms with Crippen LogP contribution < -0.4 is 0 Å². The maximum atomic E-state index is 13.5. The summed E-state index contributed by atoms with van der Waals surface area (Å²) in [6.07, 6.45) is -2.89. The number of nitroso groups, excluding NO2 is 1. The van der Waals surface area contributed by atoms with Crippen LogP contribution in [0.25, 0.3) is 33.3 Å². The third kappa shape index (κ3) is 4.02. The summed E-state index contributed by atoms with van der Waals surface area (Å²) in [5.41, 5.74) is 2.33. The minimum absolute atomic E-state index is 0.181. The molecule has 0 amide bonds. The van der Waals surface area contributed by atoms with E-state index in [1.807, 2.05) is 30.3 Å². The van der Waals surface area contributed by atoms with Crippen LogP contribution in [-0.4, -0.2) is 25.0 Å². The van der Waals surface area contributed by atoms with Gasteiger partial charge in [0, 0.05) is 17.1 Å². The van der Waals surface area contributed by atoms with Gasteiger partial charge in [0.15, 0.2) is 5.65 Å². The van der Waals surface area contributed by atoms with E-state index in [9.17, 15) is 18.1 Å². The number of nitrogens with zero attached hydrogens (tertiary/aromatic N) is 6. The molecule has 5 rings (SSSR count). The van der Waals surface area contributed by atoms with Crippen LogP contribution in [0, 0.1) is 4.91 Å². The molecule has 10 heteroatoms. The Kier molecular flexibility index (Phi) is 5.04. The minimum atomic E-state index is -4.62. The first-order valence-electron chi connectivity index (χ1n) is 9.96. The van der Waals surface area contributed by atoms with Crippen LogP contribution in [0.4, 0.5) is 13.2 Å². The highest BCUT2D eigenvalue weighted by Crippen LogP contribution is 2.35. The van der Waals surface area contributed by atoms with Crippen molar-refractivity contribution in [1.29, 1.82) is 0 Å². The van der Waals surface area contributed by atoms with E-state index >= 15 is 0 Å². The summed E-state index contributed by atoms with van der Waals surface area (Å²) in [7, 11) is 0. The van der Waals surface area contributed by atoms with Gasteiger partial charge >= 0.3 is 6.18 Å². The van der Waals surface area contributed by atoms with Crippen molar-refractivity contribution in [1.82, 2.24) is 25.0 Å². The second kappa shape index (κ2) is 8.05. The molecule has 0 spiro atoms. The van der Waals surface area contributed by atoms with Gasteiger partial charge in [-0.1, -0.05) is 34.7 Å². The zero-order valence-corrected chi connectivity index (χ0v) is 17.0. The molecule has 2 aromatic carbocycles. The lowest BCUT2D eigenvalue weighted by Crippen LogP contribution is -2.09. The molecule has 0 fully saturated rings. The molecule has 3 aromatic heterocycles. The minimum Gasteiger partial charge on any atom is -0.256 e. The average molecular weight is 448 g/mol. The summed E-state index contributed by atoms with van der Waals surface area (Å²) in [5.74, 6) is 0. The molecule has 164 valence electrons. The van der Waals surface area contributed by atoms with E-state index < -0.39 is 18.3 Å². The summed E-state index contributed by atoms with van der Waals surface area (Å²) in [4.78, 5) is 19.4. The molecule has 0 bridgehead atoms. The van der Waals surface area contributed by atoms with Gasteiger partial charge in [-0.3, -0.25) is 4.98 Å². The van der Waals surface area contributed by atoms with Crippen molar-refractivity contribution in [3.8, 4) is 11.3 Å². The number of alkyl halides is 3. The molecule has 3 heterocycles. The molecule has 0 unspecified atom stereocenters. The molecule has 0 saturated carbocycles. The number of benzene rings is 2. The molecule has 0 saturated heterocycles. The Morgan fingerprint density at radius 3 is 2.64 bits per heavy atom. The van der Waals surface area contributed by atoms with Gasteiger partial charge in [0.05, 0.1) is 23.3 Å². The van der Waals surface area contributed by atoms with Crippen molar-refractivity contribution < 1.29 is 13.2 Å². The van der Waals surface area contributed by atoms with Crippen LogP contribution in [0.1, 0.15) is 16.7 Å². The smallest absolute Gasteiger partial charge is 0.256 e. The normalized spacial score (nSPS) is 11.8. The van der Waals surface area contributed by atoms with Gasteiger partial charge in [-0.25, -0.2) is 9.67 Å². The van der Waals surface area contributed by atoms with Crippen LogP contribution in [0.3, 0.4) is 0 Å². The van der Waals surface area contributed by atoms with Gasteiger partial charge in [0.2, 0.25) is 0 Å². The van der Waals surface area contributed by atoms with Gasteiger partial charge in [-0.15, -0.1) is 5.10 Å². The zero-order valence-electron chi connectivity index (χ0n) is 17.0. The van der Waals surface area contributed by atoms with Crippen LogP contribution >= 0.6 is 0 Å². The number of fused-ring (bicyclic) bond motifs is 2. The molecule has 0 radical (unpaired) electrons. The quantitative estimate of drug-likeness (QED) is 0.337. The number of pyridine rings is 2. The molecular formula is C23H15F3N6O. The summed E-state index contributed by atoms with van der Waals surface area (Å²) in [6.45, 7) is -0.172. The Morgan fingerprint density at radius 1 is 0.970 bits per heavy atom. The molecule has 0 N–H and O–H groups in total. The van der Waals surface area contributed by atoms with E-state index in [2.05, 4.69) is 25.5 Å². The highest BCUT2D eigenvalue weighted by atomic mass is 19.4. The van der Waals surface area contributed by atoms with E-state index in [0.717, 1.165) is 22.5 Å². The van der Waals surface area contributed by atoms with Crippen molar-refractivity contribution in [2.75, 3.05) is 0 Å². The summed E-state index contributed by atoms with van der Waals surface area (Å²) in [6, 6.07) is 16.7. The first-order valence-corrected chi connectivity index (χ1v) is 9.96. The van der Waals surface area contributed by atoms with E-state index in [-0.39, 0.29) is 11.1 Å². The molecular weight excluding hydrogens is 433 g/mol. The highest BCUT2D eigenvalue weighted by molar-refractivity contribution is 5.79. The molecule has 0 atom stereocenters. The first-order chi connectivity index (χ1) is 15.9. The zero-order chi connectivity index (χ0) is 23.0. The first kappa shape index (κ1) is 20.7. The third-order valence-corrected chi connectivity index (χ3v) is 5.31. The summed E-state index contributed by atoms with van der Waals surface area (Å²) in [5, 5.41) is 11.9. The molecule has 33 heavy (non-hydrogen) atoms. The Bertz CT molecular complexity index is 1500. The molecule has 7 nitrogen and oxygen atoms in total. The number of hydrogen-bond donors (Lipinski definition) is 0. The molecule has 5 aromatic rings. The lowest BCUT2D eigenvalue weighted by atomic mass is 10.0. The topological polar surface area (TPSA) is 85.9 Å². The van der Waals surface area contributed by atoms with Gasteiger partial charge in [-0.2, -0.15) is 18.1 Å². The predicted molar refractivity (Wildman–Crippen MR) is 116 cm³/mol. The summed E-state index contributed by atoms with van der Waals surface area (Å²) >= 11 is 0. The van der Waals surface area contributed by atoms with Crippen LogP contribution in [-0.2, 0) is 19.3 Å². The van der Waals surface area contributed by atoms with Crippen molar-refractivity contribution in [3.63, 3.8) is 0 Å². The monoisotopic (exact) mass is 448 g/mol. The van der Waals surface area contributed by atoms with Crippen LogP contribution in [0.2, 0.25) is 0 Å². The fourth-order valence-corrected chi connectivity index (χ4v) is 3.72. The van der Waals surface area contributed by atoms with Gasteiger partial charge in [-0.05, 0) is 47.5 Å². The number of halogens is 3. The van der Waals surface area contributed by atoms with Crippen molar-refractivity contribution in [2.24, 2.45) is 5.18 Å². The van der Waals surface area contributed by atoms with Crippen LogP contribution in [0.5, 0.6) is 0 Å². The number of hydrogen-bond acceptors (Lipinski definition) is 6. The highest BCUT2D eigenvalue weighted by Gasteiger charge is 2.33. The lowest BCUT2D eigenvalue weighted by molar-refractivity contribution is -0.138. The third-order valence-electron chi connectivity index (χ3n) is 5.31. The van der Waals surface area contributed by atoms with Gasteiger partial charge < -0.3 is 0 Å². The van der Waals surface area contributed by atoms with Gasteiger partial charge in [0.1, 0.15) is 12.1 Å². The second-order valence-corrected chi connectivity index (χ2v) is 7.47. The van der Waals surface area contributed by atoms with Crippen molar-refractivity contribution >= 4 is 22.1 Å². The maximum Gasteiger partial charge on any atom is 0.416 e. The number of aromatic nitrogens is 5. The Morgan fingerprint density at radius 2 is 1.82 bits per heavy atom. The second-order valence-electron chi connectivity index (χ2n) is 7.47. The summed E-state index contributed by atoms with van der Waals surface area (Å²) < 4.78 is 42.1. The van der Waals surface area contributed by atoms with Crippen molar-refractivity contribution in [3.05, 3.63) is 88.5 Å². The van der Waals surface area contributed by atoms with Crippen LogP contribution in [0.15, 0.2) is 72.0 Å². The van der Waals surface area contributed by atoms with Crippen molar-refractivity contribution in [2.45, 2.75) is 19.3 Å². The Balaban J connectivity index is 1.53. The van der Waals surface area contributed by atoms with E-state index in [1.54, 1.807) is 23.0 Å². The maximum absolute atomic E-state index is 13.5. The van der Waals surface area contributed by atoms with E-state index in [1.165, 1.54) is 12.1 Å².